The van der Waals surface area contributed by atoms with E-state index < -0.39 is 0 Å². The quantitative estimate of drug-likeness (QED) is 0.520. The van der Waals surface area contributed by atoms with Crippen LogP contribution in [0.25, 0.3) is 0 Å². The summed E-state index contributed by atoms with van der Waals surface area (Å²) in [6.45, 7) is 6.10. The average Bonchev–Trinajstić information content (AvgIpc) is 3.09. The van der Waals surface area contributed by atoms with Crippen molar-refractivity contribution in [3.8, 4) is 0 Å². The van der Waals surface area contributed by atoms with E-state index in [0.29, 0.717) is 18.5 Å². The van der Waals surface area contributed by atoms with Gasteiger partial charge in [-0.1, -0.05) is 35.0 Å². The summed E-state index contributed by atoms with van der Waals surface area (Å²) in [4.78, 5) is 20.6. The molecule has 1 saturated heterocycles. The molecular weight excluding hydrogens is 394 g/mol. The van der Waals surface area contributed by atoms with Crippen molar-refractivity contribution in [2.75, 3.05) is 40.3 Å². The molecule has 1 atom stereocenters. The van der Waals surface area contributed by atoms with Crippen molar-refractivity contribution in [2.24, 2.45) is 4.99 Å². The third-order valence-electron chi connectivity index (χ3n) is 4.65. The van der Waals surface area contributed by atoms with Gasteiger partial charge in [-0.05, 0) is 43.6 Å². The number of amides is 1. The van der Waals surface area contributed by atoms with Crippen LogP contribution in [-0.2, 0) is 11.3 Å². The lowest BCUT2D eigenvalue weighted by Gasteiger charge is -2.24. The van der Waals surface area contributed by atoms with Gasteiger partial charge in [0.05, 0.1) is 13.1 Å². The zero-order valence-corrected chi connectivity index (χ0v) is 17.6. The number of likely N-dealkylation sites (tertiary alicyclic amines) is 1. The summed E-state index contributed by atoms with van der Waals surface area (Å²) >= 11 is 3.45. The maximum absolute atomic E-state index is 11.9. The minimum absolute atomic E-state index is 0.0270. The summed E-state index contributed by atoms with van der Waals surface area (Å²) in [6, 6.07) is 8.65. The third kappa shape index (κ3) is 6.61. The first kappa shape index (κ1) is 20.7. The second-order valence-electron chi connectivity index (χ2n) is 6.74. The van der Waals surface area contributed by atoms with Gasteiger partial charge in [0, 0.05) is 31.2 Å². The number of aliphatic imine (C=N–C) groups is 1. The van der Waals surface area contributed by atoms with E-state index in [1.807, 2.05) is 24.3 Å². The first-order valence-corrected chi connectivity index (χ1v) is 9.99. The number of benzene rings is 1. The monoisotopic (exact) mass is 423 g/mol. The van der Waals surface area contributed by atoms with Crippen LogP contribution in [0.15, 0.2) is 33.7 Å². The van der Waals surface area contributed by atoms with Crippen LogP contribution < -0.4 is 10.6 Å². The van der Waals surface area contributed by atoms with Crippen LogP contribution in [0.3, 0.4) is 0 Å². The van der Waals surface area contributed by atoms with Gasteiger partial charge < -0.3 is 15.5 Å². The Morgan fingerprint density at radius 2 is 2.04 bits per heavy atom. The van der Waals surface area contributed by atoms with Crippen molar-refractivity contribution in [1.29, 1.82) is 0 Å². The summed E-state index contributed by atoms with van der Waals surface area (Å²) < 4.78 is 1.05. The number of halogens is 1. The second kappa shape index (κ2) is 10.5. The van der Waals surface area contributed by atoms with E-state index in [4.69, 9.17) is 0 Å². The Hall–Kier alpha value is -1.60. The molecule has 6 nitrogen and oxygen atoms in total. The van der Waals surface area contributed by atoms with Crippen molar-refractivity contribution >= 4 is 27.8 Å². The molecule has 1 amide bonds. The lowest BCUT2D eigenvalue weighted by molar-refractivity contribution is -0.127. The Morgan fingerprint density at radius 1 is 1.31 bits per heavy atom. The van der Waals surface area contributed by atoms with Crippen molar-refractivity contribution in [3.63, 3.8) is 0 Å². The Labute approximate surface area is 165 Å². The highest BCUT2D eigenvalue weighted by atomic mass is 79.9. The predicted molar refractivity (Wildman–Crippen MR) is 110 cm³/mol. The Morgan fingerprint density at radius 3 is 2.69 bits per heavy atom. The van der Waals surface area contributed by atoms with Gasteiger partial charge in [0.2, 0.25) is 5.91 Å². The summed E-state index contributed by atoms with van der Waals surface area (Å²) in [5.41, 5.74) is 1.13. The fourth-order valence-corrected chi connectivity index (χ4v) is 3.27. The number of hydrogen-bond donors (Lipinski definition) is 2. The van der Waals surface area contributed by atoms with Gasteiger partial charge in [0.25, 0.3) is 0 Å². The summed E-state index contributed by atoms with van der Waals surface area (Å²) in [5.74, 6) is 0.713. The number of nitrogens with one attached hydrogen (secondary N) is 2. The second-order valence-corrected chi connectivity index (χ2v) is 7.65. The summed E-state index contributed by atoms with van der Waals surface area (Å²) in [5, 5.41) is 6.58. The molecule has 1 fully saturated rings. The number of carbonyl (C=O) groups excluding carboxylic acids is 1. The van der Waals surface area contributed by atoms with Crippen molar-refractivity contribution in [2.45, 2.75) is 32.4 Å². The highest BCUT2D eigenvalue weighted by Crippen LogP contribution is 2.15. The van der Waals surface area contributed by atoms with Gasteiger partial charge in [0.1, 0.15) is 0 Å². The van der Waals surface area contributed by atoms with Crippen molar-refractivity contribution < 1.29 is 4.79 Å². The summed E-state index contributed by atoms with van der Waals surface area (Å²) in [7, 11) is 3.52. The topological polar surface area (TPSA) is 60.0 Å². The zero-order chi connectivity index (χ0) is 18.9. The molecule has 1 aliphatic rings. The van der Waals surface area contributed by atoms with E-state index in [9.17, 15) is 4.79 Å². The molecule has 1 aromatic rings. The Kier molecular flexibility index (Phi) is 8.38. The molecule has 26 heavy (non-hydrogen) atoms. The van der Waals surface area contributed by atoms with Crippen LogP contribution >= 0.6 is 15.9 Å². The third-order valence-corrected chi connectivity index (χ3v) is 5.18. The fraction of sp³-hybridized carbons (Fsp3) is 0.579. The molecule has 0 aliphatic carbocycles. The summed E-state index contributed by atoms with van der Waals surface area (Å²) in [6.07, 6.45) is 2.45. The standard InChI is InChI=1S/C19H30BrN5O/c1-4-25-11-5-6-17(25)13-22-19(23-14-18(26)24(2)3)21-12-15-7-9-16(20)10-8-15/h7-10,17H,4-6,11-14H2,1-3H3,(H2,21,22,23). The molecule has 2 N–H and O–H groups in total. The molecule has 1 unspecified atom stereocenters. The van der Waals surface area contributed by atoms with Gasteiger partial charge in [-0.25, -0.2) is 4.99 Å². The molecule has 0 bridgehead atoms. The van der Waals surface area contributed by atoms with Gasteiger partial charge in [-0.15, -0.1) is 0 Å². The molecule has 7 heteroatoms. The van der Waals surface area contributed by atoms with Gasteiger partial charge in [-0.2, -0.15) is 0 Å². The minimum Gasteiger partial charge on any atom is -0.355 e. The molecule has 0 spiro atoms. The largest absolute Gasteiger partial charge is 0.355 e. The molecule has 0 aromatic heterocycles. The highest BCUT2D eigenvalue weighted by molar-refractivity contribution is 9.10. The first-order valence-electron chi connectivity index (χ1n) is 9.20. The number of rotatable bonds is 7. The minimum atomic E-state index is 0.0270. The molecule has 0 saturated carbocycles. The Balaban J connectivity index is 1.96. The first-order chi connectivity index (χ1) is 12.5. The van der Waals surface area contributed by atoms with Crippen LogP contribution in [0, 0.1) is 0 Å². The van der Waals surface area contributed by atoms with Crippen LogP contribution in [0.1, 0.15) is 25.3 Å². The van der Waals surface area contributed by atoms with Crippen LogP contribution in [0.5, 0.6) is 0 Å². The van der Waals surface area contributed by atoms with Gasteiger partial charge >= 0.3 is 0 Å². The van der Waals surface area contributed by atoms with E-state index in [-0.39, 0.29) is 12.5 Å². The van der Waals surface area contributed by atoms with E-state index in [1.54, 1.807) is 19.0 Å². The van der Waals surface area contributed by atoms with Crippen molar-refractivity contribution in [1.82, 2.24) is 20.4 Å². The van der Waals surface area contributed by atoms with E-state index in [1.165, 1.54) is 19.4 Å². The highest BCUT2D eigenvalue weighted by Gasteiger charge is 2.22. The maximum atomic E-state index is 11.9. The SMILES string of the molecule is CCN1CCCC1CNC(=NCc1ccc(Br)cc1)NCC(=O)N(C)C. The number of hydrogen-bond acceptors (Lipinski definition) is 3. The van der Waals surface area contributed by atoms with Gasteiger partial charge in [-0.3, -0.25) is 9.69 Å². The lowest BCUT2D eigenvalue weighted by atomic mass is 10.2. The average molecular weight is 424 g/mol. The lowest BCUT2D eigenvalue weighted by Crippen LogP contribution is -2.47. The number of guanidine groups is 1. The molecule has 0 radical (unpaired) electrons. The number of carbonyl (C=O) groups is 1. The molecule has 1 heterocycles. The molecular formula is C19H30BrN5O. The number of nitrogens with zero attached hydrogens (tertiary/aromatic N) is 3. The fourth-order valence-electron chi connectivity index (χ4n) is 3.01. The van der Waals surface area contributed by atoms with Crippen LogP contribution in [-0.4, -0.2) is 68.0 Å². The zero-order valence-electron chi connectivity index (χ0n) is 16.0. The molecule has 1 aromatic carbocycles. The Bertz CT molecular complexity index is 602. The van der Waals surface area contributed by atoms with E-state index >= 15 is 0 Å². The van der Waals surface area contributed by atoms with Gasteiger partial charge in [0.15, 0.2) is 5.96 Å². The predicted octanol–water partition coefficient (Wildman–Crippen LogP) is 2.06. The van der Waals surface area contributed by atoms with E-state index in [2.05, 4.69) is 43.4 Å². The number of likely N-dealkylation sites (N-methyl/N-ethyl adjacent to an activating group) is 2. The smallest absolute Gasteiger partial charge is 0.241 e. The maximum Gasteiger partial charge on any atom is 0.241 e. The molecule has 144 valence electrons. The molecule has 1 aliphatic heterocycles. The molecule has 2 rings (SSSR count). The van der Waals surface area contributed by atoms with Crippen LogP contribution in [0.4, 0.5) is 0 Å². The van der Waals surface area contributed by atoms with Crippen molar-refractivity contribution in [3.05, 3.63) is 34.3 Å². The van der Waals surface area contributed by atoms with Crippen LogP contribution in [0.2, 0.25) is 0 Å². The van der Waals surface area contributed by atoms with E-state index in [0.717, 1.165) is 23.1 Å². The normalized spacial score (nSPS) is 18.0.